The third-order valence-corrected chi connectivity index (χ3v) is 4.10. The highest BCUT2D eigenvalue weighted by Crippen LogP contribution is 2.34. The van der Waals surface area contributed by atoms with Crippen molar-refractivity contribution in [3.05, 3.63) is 28.2 Å². The van der Waals surface area contributed by atoms with Gasteiger partial charge in [-0.3, -0.25) is 0 Å². The summed E-state index contributed by atoms with van der Waals surface area (Å²) in [4.78, 5) is 0. The predicted molar refractivity (Wildman–Crippen MR) is 72.0 cm³/mol. The van der Waals surface area contributed by atoms with Crippen molar-refractivity contribution in [1.82, 2.24) is 0 Å². The van der Waals surface area contributed by atoms with E-state index in [2.05, 4.69) is 0 Å². The van der Waals surface area contributed by atoms with Gasteiger partial charge in [0.1, 0.15) is 11.4 Å². The van der Waals surface area contributed by atoms with Gasteiger partial charge in [-0.2, -0.15) is 0 Å². The van der Waals surface area contributed by atoms with E-state index in [4.69, 9.17) is 33.7 Å². The molecular weight excluding hydrogens is 257 g/mol. The molecule has 1 fully saturated rings. The molecule has 0 aromatic heterocycles. The Hall–Kier alpha value is -0.440. The molecule has 0 saturated heterocycles. The van der Waals surface area contributed by atoms with Gasteiger partial charge in [-0.1, -0.05) is 29.6 Å². The van der Waals surface area contributed by atoms with Crippen LogP contribution in [0.4, 0.5) is 0 Å². The van der Waals surface area contributed by atoms with Crippen molar-refractivity contribution in [3.63, 3.8) is 0 Å². The molecule has 0 heterocycles. The summed E-state index contributed by atoms with van der Waals surface area (Å²) >= 11 is 11.9. The van der Waals surface area contributed by atoms with Crippen LogP contribution in [0.25, 0.3) is 0 Å². The zero-order valence-corrected chi connectivity index (χ0v) is 11.2. The lowest BCUT2D eigenvalue weighted by Gasteiger charge is -2.36. The van der Waals surface area contributed by atoms with Crippen LogP contribution in [-0.2, 0) is 0 Å². The summed E-state index contributed by atoms with van der Waals surface area (Å²) < 4.78 is 6.06. The molecular formula is C13H17Cl2NO. The first kappa shape index (κ1) is 13.0. The number of benzene rings is 1. The second kappa shape index (κ2) is 5.47. The molecule has 0 unspecified atom stereocenters. The molecule has 0 atom stereocenters. The van der Waals surface area contributed by atoms with Crippen LogP contribution in [0, 0.1) is 0 Å². The largest absolute Gasteiger partial charge is 0.486 e. The van der Waals surface area contributed by atoms with Gasteiger partial charge in [-0.15, -0.1) is 0 Å². The third kappa shape index (κ3) is 3.06. The monoisotopic (exact) mass is 273 g/mol. The Morgan fingerprint density at radius 3 is 2.41 bits per heavy atom. The Balaban J connectivity index is 2.14. The van der Waals surface area contributed by atoms with Gasteiger partial charge in [0.05, 0.1) is 10.0 Å². The zero-order valence-electron chi connectivity index (χ0n) is 9.72. The average Bonchev–Trinajstić information content (AvgIpc) is 2.35. The molecule has 0 radical (unpaired) electrons. The minimum Gasteiger partial charge on any atom is -0.486 e. The summed E-state index contributed by atoms with van der Waals surface area (Å²) in [5.74, 6) is 0.756. The fraction of sp³-hybridized carbons (Fsp3) is 0.538. The molecule has 2 nitrogen and oxygen atoms in total. The molecule has 0 aliphatic heterocycles. The first-order valence-electron chi connectivity index (χ1n) is 5.99. The fourth-order valence-corrected chi connectivity index (χ4v) is 2.62. The number of hydrogen-bond donors (Lipinski definition) is 1. The lowest BCUT2D eigenvalue weighted by molar-refractivity contribution is 0.0387. The van der Waals surface area contributed by atoms with Crippen molar-refractivity contribution in [2.24, 2.45) is 5.73 Å². The maximum absolute atomic E-state index is 6.06. The Labute approximate surface area is 112 Å². The van der Waals surface area contributed by atoms with E-state index >= 15 is 0 Å². The minimum atomic E-state index is -0.213. The first-order chi connectivity index (χ1) is 8.15. The van der Waals surface area contributed by atoms with Gasteiger partial charge in [0.25, 0.3) is 0 Å². The van der Waals surface area contributed by atoms with Gasteiger partial charge in [-0.25, -0.2) is 0 Å². The molecule has 0 spiro atoms. The fourth-order valence-electron chi connectivity index (χ4n) is 2.33. The number of nitrogens with two attached hydrogens (primary N) is 1. The van der Waals surface area contributed by atoms with Crippen LogP contribution in [0.5, 0.6) is 5.75 Å². The molecule has 0 bridgehead atoms. The standard InChI is InChI=1S/C13H17Cl2NO/c14-11-5-4-10(8-12(11)15)17-13(9-16)6-2-1-3-7-13/h4-5,8H,1-3,6-7,9,16H2. The second-order valence-corrected chi connectivity index (χ2v) is 5.44. The van der Waals surface area contributed by atoms with Crippen LogP contribution in [0.2, 0.25) is 10.0 Å². The number of rotatable bonds is 3. The normalized spacial score (nSPS) is 19.0. The molecule has 2 N–H and O–H groups in total. The second-order valence-electron chi connectivity index (χ2n) is 4.63. The maximum atomic E-state index is 6.06. The highest BCUT2D eigenvalue weighted by molar-refractivity contribution is 6.42. The van der Waals surface area contributed by atoms with Gasteiger partial charge in [0.15, 0.2) is 0 Å². The van der Waals surface area contributed by atoms with Crippen LogP contribution in [0.15, 0.2) is 18.2 Å². The van der Waals surface area contributed by atoms with Crippen molar-refractivity contribution >= 4 is 23.2 Å². The van der Waals surface area contributed by atoms with E-state index in [1.54, 1.807) is 12.1 Å². The molecule has 2 rings (SSSR count). The predicted octanol–water partition coefficient (Wildman–Crippen LogP) is 4.03. The van der Waals surface area contributed by atoms with Gasteiger partial charge in [0.2, 0.25) is 0 Å². The van der Waals surface area contributed by atoms with E-state index in [1.807, 2.05) is 6.07 Å². The van der Waals surface area contributed by atoms with E-state index in [-0.39, 0.29) is 5.60 Å². The van der Waals surface area contributed by atoms with E-state index in [0.29, 0.717) is 16.6 Å². The molecule has 1 aromatic carbocycles. The first-order valence-corrected chi connectivity index (χ1v) is 6.75. The summed E-state index contributed by atoms with van der Waals surface area (Å²) in [5, 5.41) is 1.07. The summed E-state index contributed by atoms with van der Waals surface area (Å²) in [5.41, 5.74) is 5.66. The summed E-state index contributed by atoms with van der Waals surface area (Å²) in [7, 11) is 0. The smallest absolute Gasteiger partial charge is 0.121 e. The van der Waals surface area contributed by atoms with Crippen LogP contribution in [-0.4, -0.2) is 12.1 Å². The third-order valence-electron chi connectivity index (χ3n) is 3.36. The van der Waals surface area contributed by atoms with E-state index in [9.17, 15) is 0 Å². The number of hydrogen-bond acceptors (Lipinski definition) is 2. The Bertz CT molecular complexity index is 389. The van der Waals surface area contributed by atoms with E-state index < -0.39 is 0 Å². The van der Waals surface area contributed by atoms with Crippen molar-refractivity contribution in [3.8, 4) is 5.75 Å². The highest BCUT2D eigenvalue weighted by atomic mass is 35.5. The number of halogens is 2. The van der Waals surface area contributed by atoms with Crippen molar-refractivity contribution < 1.29 is 4.74 Å². The van der Waals surface area contributed by atoms with Gasteiger partial charge < -0.3 is 10.5 Å². The van der Waals surface area contributed by atoms with E-state index in [1.165, 1.54) is 19.3 Å². The van der Waals surface area contributed by atoms with Crippen LogP contribution < -0.4 is 10.5 Å². The maximum Gasteiger partial charge on any atom is 0.121 e. The molecule has 1 aromatic rings. The molecule has 4 heteroatoms. The Kier molecular flexibility index (Phi) is 4.18. The molecule has 0 amide bonds. The van der Waals surface area contributed by atoms with Gasteiger partial charge in [0, 0.05) is 12.6 Å². The Morgan fingerprint density at radius 1 is 1.12 bits per heavy atom. The van der Waals surface area contributed by atoms with Gasteiger partial charge in [-0.05, 0) is 37.8 Å². The Morgan fingerprint density at radius 2 is 1.82 bits per heavy atom. The minimum absolute atomic E-state index is 0.213. The van der Waals surface area contributed by atoms with Gasteiger partial charge >= 0.3 is 0 Å². The SMILES string of the molecule is NCC1(Oc2ccc(Cl)c(Cl)c2)CCCCC1. The molecule has 1 aliphatic carbocycles. The zero-order chi connectivity index (χ0) is 12.3. The van der Waals surface area contributed by atoms with Crippen LogP contribution >= 0.6 is 23.2 Å². The molecule has 17 heavy (non-hydrogen) atoms. The summed E-state index contributed by atoms with van der Waals surface area (Å²) in [6, 6.07) is 5.36. The van der Waals surface area contributed by atoms with Crippen molar-refractivity contribution in [1.29, 1.82) is 0 Å². The molecule has 94 valence electrons. The number of ether oxygens (including phenoxy) is 1. The highest BCUT2D eigenvalue weighted by Gasteiger charge is 2.32. The van der Waals surface area contributed by atoms with E-state index in [0.717, 1.165) is 18.6 Å². The lowest BCUT2D eigenvalue weighted by atomic mass is 9.84. The quantitative estimate of drug-likeness (QED) is 0.903. The average molecular weight is 274 g/mol. The lowest BCUT2D eigenvalue weighted by Crippen LogP contribution is -2.45. The van der Waals surface area contributed by atoms with Crippen LogP contribution in [0.1, 0.15) is 32.1 Å². The summed E-state index contributed by atoms with van der Waals surface area (Å²) in [6.07, 6.45) is 5.66. The molecule has 1 aliphatic rings. The van der Waals surface area contributed by atoms with Crippen LogP contribution in [0.3, 0.4) is 0 Å². The molecule has 1 saturated carbocycles. The van der Waals surface area contributed by atoms with Crippen molar-refractivity contribution in [2.75, 3.05) is 6.54 Å². The topological polar surface area (TPSA) is 35.2 Å². The van der Waals surface area contributed by atoms with Crippen molar-refractivity contribution in [2.45, 2.75) is 37.7 Å². The summed E-state index contributed by atoms with van der Waals surface area (Å²) in [6.45, 7) is 0.549.